The molecule has 2 heterocycles. The van der Waals surface area contributed by atoms with Gasteiger partial charge in [0.15, 0.2) is 0 Å². The number of anilines is 1. The van der Waals surface area contributed by atoms with Crippen LogP contribution in [-0.2, 0) is 11.4 Å². The molecule has 1 aliphatic rings. The highest BCUT2D eigenvalue weighted by molar-refractivity contribution is 5.98. The highest BCUT2D eigenvalue weighted by Gasteiger charge is 2.25. The Bertz CT molecular complexity index is 695. The normalized spacial score (nSPS) is 13.8. The average molecular weight is 302 g/mol. The van der Waals surface area contributed by atoms with Crippen molar-refractivity contribution < 1.29 is 14.3 Å². The van der Waals surface area contributed by atoms with Crippen LogP contribution in [0.4, 0.5) is 10.3 Å². The zero-order valence-electron chi connectivity index (χ0n) is 12.0. The van der Waals surface area contributed by atoms with E-state index in [1.807, 2.05) is 4.90 Å². The zero-order chi connectivity index (χ0) is 15.5. The third-order valence-electron chi connectivity index (χ3n) is 3.45. The molecule has 1 aliphatic heterocycles. The molecule has 0 aliphatic carbocycles. The highest BCUT2D eigenvalue weighted by Crippen LogP contribution is 2.25. The van der Waals surface area contributed by atoms with Gasteiger partial charge in [0.2, 0.25) is 5.95 Å². The number of hydrogen-bond acceptors (Lipinski definition) is 6. The Kier molecular flexibility index (Phi) is 3.97. The summed E-state index contributed by atoms with van der Waals surface area (Å²) in [5.74, 6) is 0.123. The minimum absolute atomic E-state index is 0.254. The number of hydrogen-bond donors (Lipinski definition) is 1. The second-order valence-corrected chi connectivity index (χ2v) is 4.90. The molecule has 1 N–H and O–H groups in total. The molecule has 114 valence electrons. The molecule has 1 aromatic heterocycles. The van der Waals surface area contributed by atoms with Crippen molar-refractivity contribution in [3.05, 3.63) is 42.0 Å². The molecule has 22 heavy (non-hydrogen) atoms. The molecule has 0 radical (unpaired) electrons. The summed E-state index contributed by atoms with van der Waals surface area (Å²) in [7, 11) is 1.51. The van der Waals surface area contributed by atoms with Crippen LogP contribution in [0.1, 0.15) is 5.56 Å². The van der Waals surface area contributed by atoms with Crippen molar-refractivity contribution in [2.45, 2.75) is 6.61 Å². The Morgan fingerprint density at radius 2 is 2.05 bits per heavy atom. The van der Waals surface area contributed by atoms with Gasteiger partial charge in [-0.15, -0.1) is 0 Å². The summed E-state index contributed by atoms with van der Waals surface area (Å²) < 4.78 is 14.2. The molecule has 0 saturated carbocycles. The van der Waals surface area contributed by atoms with Crippen LogP contribution < -0.4 is 4.90 Å². The molecule has 1 aromatic carbocycles. The molecule has 6 nitrogen and oxygen atoms in total. The van der Waals surface area contributed by atoms with Crippen LogP contribution in [0.3, 0.4) is 0 Å². The number of nitrogens with zero attached hydrogens (tertiary/aromatic N) is 4. The smallest absolute Gasteiger partial charge is 0.225 e. The molecule has 1 fully saturated rings. The quantitative estimate of drug-likeness (QED) is 0.869. The van der Waals surface area contributed by atoms with E-state index >= 15 is 0 Å². The minimum atomic E-state index is -0.445. The topological polar surface area (TPSA) is 70.8 Å². The van der Waals surface area contributed by atoms with Gasteiger partial charge in [0.25, 0.3) is 0 Å². The van der Waals surface area contributed by atoms with Crippen LogP contribution in [0.15, 0.2) is 35.7 Å². The van der Waals surface area contributed by atoms with Crippen molar-refractivity contribution in [3.8, 4) is 11.1 Å². The van der Waals surface area contributed by atoms with Crippen molar-refractivity contribution in [1.82, 2.24) is 9.97 Å². The van der Waals surface area contributed by atoms with Crippen molar-refractivity contribution in [2.24, 2.45) is 5.16 Å². The van der Waals surface area contributed by atoms with Crippen LogP contribution in [0.2, 0.25) is 0 Å². The number of oxime groups is 1. The summed E-state index contributed by atoms with van der Waals surface area (Å²) in [5, 5.41) is 13.0. The summed E-state index contributed by atoms with van der Waals surface area (Å²) >= 11 is 0. The van der Waals surface area contributed by atoms with Gasteiger partial charge < -0.3 is 14.8 Å². The molecular formula is C15H15FN4O2. The maximum absolute atomic E-state index is 14.2. The van der Waals surface area contributed by atoms with E-state index in [-0.39, 0.29) is 12.2 Å². The first-order valence-corrected chi connectivity index (χ1v) is 6.77. The monoisotopic (exact) mass is 302 g/mol. The lowest BCUT2D eigenvalue weighted by Crippen LogP contribution is -2.48. The van der Waals surface area contributed by atoms with Crippen molar-refractivity contribution in [3.63, 3.8) is 0 Å². The fourth-order valence-electron chi connectivity index (χ4n) is 2.27. The van der Waals surface area contributed by atoms with Gasteiger partial charge in [-0.1, -0.05) is 23.4 Å². The Morgan fingerprint density at radius 3 is 2.68 bits per heavy atom. The van der Waals surface area contributed by atoms with Crippen molar-refractivity contribution >= 4 is 11.7 Å². The lowest BCUT2D eigenvalue weighted by molar-refractivity contribution is 0.211. The Hall–Kier alpha value is -2.54. The lowest BCUT2D eigenvalue weighted by Gasteiger charge is -2.31. The second kappa shape index (κ2) is 6.07. The van der Waals surface area contributed by atoms with Gasteiger partial charge in [-0.25, -0.2) is 14.4 Å². The number of halogens is 1. The van der Waals surface area contributed by atoms with E-state index < -0.39 is 5.82 Å². The molecule has 0 atom stereocenters. The molecule has 0 amide bonds. The maximum atomic E-state index is 14.2. The van der Waals surface area contributed by atoms with Gasteiger partial charge in [-0.2, -0.15) is 0 Å². The first-order valence-electron chi connectivity index (χ1n) is 6.77. The third kappa shape index (κ3) is 2.62. The van der Waals surface area contributed by atoms with Crippen LogP contribution in [-0.4, -0.2) is 41.0 Å². The summed E-state index contributed by atoms with van der Waals surface area (Å²) in [6.45, 7) is 0.914. The van der Waals surface area contributed by atoms with Crippen LogP contribution in [0, 0.1) is 5.82 Å². The highest BCUT2D eigenvalue weighted by atomic mass is 19.1. The maximum Gasteiger partial charge on any atom is 0.225 e. The van der Waals surface area contributed by atoms with Crippen LogP contribution >= 0.6 is 0 Å². The van der Waals surface area contributed by atoms with Crippen molar-refractivity contribution in [1.29, 1.82) is 0 Å². The molecule has 0 unspecified atom stereocenters. The summed E-state index contributed by atoms with van der Waals surface area (Å²) in [5.41, 5.74) is 2.13. The molecule has 2 aromatic rings. The van der Waals surface area contributed by atoms with Gasteiger partial charge in [0.1, 0.15) is 12.9 Å². The first kappa shape index (κ1) is 14.4. The average Bonchev–Trinajstić information content (AvgIpc) is 2.51. The minimum Gasteiger partial charge on any atom is -0.399 e. The molecule has 7 heteroatoms. The summed E-state index contributed by atoms with van der Waals surface area (Å²) in [6.07, 6.45) is 3.15. The van der Waals surface area contributed by atoms with E-state index in [2.05, 4.69) is 15.1 Å². The van der Waals surface area contributed by atoms with Gasteiger partial charge in [-0.3, -0.25) is 0 Å². The fourth-order valence-corrected chi connectivity index (χ4v) is 2.27. The van der Waals surface area contributed by atoms with Gasteiger partial charge >= 0.3 is 0 Å². The number of benzene rings is 1. The van der Waals surface area contributed by atoms with E-state index in [1.54, 1.807) is 30.6 Å². The van der Waals surface area contributed by atoms with E-state index in [0.717, 1.165) is 5.71 Å². The van der Waals surface area contributed by atoms with E-state index in [4.69, 9.17) is 9.94 Å². The number of rotatable bonds is 4. The number of aromatic nitrogens is 2. The standard InChI is InChI=1S/C15H15FN4O2/c1-22-19-12-7-20(8-12)15-17-5-11(6-18-15)13-4-2-3-10(9-21)14(13)16/h2-6,21H,7-9H2,1H3. The summed E-state index contributed by atoms with van der Waals surface area (Å²) in [4.78, 5) is 15.1. The molecule has 0 spiro atoms. The molecule has 3 rings (SSSR count). The van der Waals surface area contributed by atoms with Crippen LogP contribution in [0.25, 0.3) is 11.1 Å². The number of aliphatic hydroxyl groups excluding tert-OH is 1. The number of aliphatic hydroxyl groups is 1. The van der Waals surface area contributed by atoms with Crippen LogP contribution in [0.5, 0.6) is 0 Å². The molecule has 0 bridgehead atoms. The Labute approximate surface area is 126 Å². The predicted octanol–water partition coefficient (Wildman–Crippen LogP) is 1.60. The van der Waals surface area contributed by atoms with E-state index in [1.165, 1.54) is 7.11 Å². The van der Waals surface area contributed by atoms with Crippen molar-refractivity contribution in [2.75, 3.05) is 25.1 Å². The second-order valence-electron chi connectivity index (χ2n) is 4.90. The molecule has 1 saturated heterocycles. The van der Waals surface area contributed by atoms with E-state index in [9.17, 15) is 4.39 Å². The zero-order valence-corrected chi connectivity index (χ0v) is 12.0. The Balaban J connectivity index is 1.79. The summed E-state index contributed by atoms with van der Waals surface area (Å²) in [6, 6.07) is 4.88. The van der Waals surface area contributed by atoms with Gasteiger partial charge in [0.05, 0.1) is 25.4 Å². The van der Waals surface area contributed by atoms with E-state index in [0.29, 0.717) is 30.2 Å². The first-order chi connectivity index (χ1) is 10.7. The van der Waals surface area contributed by atoms with Gasteiger partial charge in [0, 0.05) is 29.1 Å². The molecular weight excluding hydrogens is 287 g/mol. The fraction of sp³-hybridized carbons (Fsp3) is 0.267. The lowest BCUT2D eigenvalue weighted by atomic mass is 10.1. The largest absolute Gasteiger partial charge is 0.399 e. The van der Waals surface area contributed by atoms with Gasteiger partial charge in [-0.05, 0) is 0 Å². The predicted molar refractivity (Wildman–Crippen MR) is 80.0 cm³/mol. The third-order valence-corrected chi connectivity index (χ3v) is 3.45. The SMILES string of the molecule is CON=C1CN(c2ncc(-c3cccc(CO)c3F)cn2)C1. The Morgan fingerprint density at radius 1 is 1.32 bits per heavy atom.